The average molecular weight is 461 g/mol. The molecule has 0 aliphatic rings. The van der Waals surface area contributed by atoms with Crippen molar-refractivity contribution in [1.82, 2.24) is 28.7 Å². The monoisotopic (exact) mass is 461 g/mol. The van der Waals surface area contributed by atoms with E-state index in [1.54, 1.807) is 45.3 Å². The van der Waals surface area contributed by atoms with Crippen molar-refractivity contribution < 1.29 is 8.81 Å². The quantitative estimate of drug-likeness (QED) is 0.435. The number of nitrogens with zero attached hydrogens (tertiary/aromatic N) is 6. The molecule has 0 fully saturated rings. The molecule has 0 spiro atoms. The molecule has 2 N–H and O–H groups in total. The number of oxazole rings is 1. The average Bonchev–Trinajstić information content (AvgIpc) is 3.35. The first-order chi connectivity index (χ1) is 16.2. The van der Waals surface area contributed by atoms with Gasteiger partial charge in [0.15, 0.2) is 12.0 Å². The van der Waals surface area contributed by atoms with E-state index in [4.69, 9.17) is 10.2 Å². The number of aromatic nitrogens is 6. The van der Waals surface area contributed by atoms with Gasteiger partial charge >= 0.3 is 5.69 Å². The third kappa shape index (κ3) is 3.38. The van der Waals surface area contributed by atoms with Crippen LogP contribution in [-0.4, -0.2) is 28.7 Å². The number of nitrogens with two attached hydrogens (primary N) is 1. The molecule has 1 aromatic carbocycles. The van der Waals surface area contributed by atoms with Gasteiger partial charge in [-0.1, -0.05) is 0 Å². The van der Waals surface area contributed by atoms with Crippen molar-refractivity contribution in [2.24, 2.45) is 7.05 Å². The molecule has 0 saturated carbocycles. The molecule has 0 aliphatic carbocycles. The summed E-state index contributed by atoms with van der Waals surface area (Å²) in [5.41, 5.74) is 8.90. The molecule has 0 unspecified atom stereocenters. The highest BCUT2D eigenvalue weighted by Crippen LogP contribution is 2.34. The van der Waals surface area contributed by atoms with Gasteiger partial charge in [-0.05, 0) is 44.2 Å². The second kappa shape index (κ2) is 7.80. The van der Waals surface area contributed by atoms with Gasteiger partial charge in [-0.2, -0.15) is 0 Å². The van der Waals surface area contributed by atoms with Gasteiger partial charge in [0.05, 0.1) is 17.8 Å². The van der Waals surface area contributed by atoms with Crippen molar-refractivity contribution in [3.8, 4) is 22.4 Å². The highest BCUT2D eigenvalue weighted by atomic mass is 19.1. The highest BCUT2D eigenvalue weighted by molar-refractivity contribution is 5.90. The Bertz CT molecular complexity index is 1650. The summed E-state index contributed by atoms with van der Waals surface area (Å²) in [4.78, 5) is 34.2. The molecule has 4 heterocycles. The summed E-state index contributed by atoms with van der Waals surface area (Å²) in [5.74, 6) is 0.0875. The van der Waals surface area contributed by atoms with E-state index < -0.39 is 11.5 Å². The van der Waals surface area contributed by atoms with E-state index in [2.05, 4.69) is 15.1 Å². The van der Waals surface area contributed by atoms with Gasteiger partial charge in [-0.15, -0.1) is 5.10 Å². The normalized spacial score (nSPS) is 11.4. The number of benzene rings is 1. The first-order valence-electron chi connectivity index (χ1n) is 10.4. The SMILES string of the molecule is Cc1ocnc1Cn1nc2c(-c3cc(C)c(=O)n(C)c3)c(-c3ccc(F)cc3)nc(N)n2c1=O. The zero-order chi connectivity index (χ0) is 24.1. The predicted octanol–water partition coefficient (Wildman–Crippen LogP) is 2.30. The van der Waals surface area contributed by atoms with E-state index in [1.807, 2.05) is 0 Å². The molecular formula is C23H20FN7O3. The maximum atomic E-state index is 13.6. The molecule has 0 saturated heterocycles. The number of hydrogen-bond donors (Lipinski definition) is 1. The molecule has 0 bridgehead atoms. The predicted molar refractivity (Wildman–Crippen MR) is 123 cm³/mol. The number of nitrogen functional groups attached to an aromatic ring is 1. The minimum Gasteiger partial charge on any atom is -0.448 e. The van der Waals surface area contributed by atoms with Crippen LogP contribution in [0.4, 0.5) is 10.3 Å². The summed E-state index contributed by atoms with van der Waals surface area (Å²) in [5, 5.41) is 4.55. The summed E-state index contributed by atoms with van der Waals surface area (Å²) in [6.07, 6.45) is 2.94. The number of pyridine rings is 1. The maximum absolute atomic E-state index is 13.6. The second-order valence-corrected chi connectivity index (χ2v) is 7.98. The molecular weight excluding hydrogens is 441 g/mol. The van der Waals surface area contributed by atoms with Gasteiger partial charge in [0.2, 0.25) is 5.95 Å². The second-order valence-electron chi connectivity index (χ2n) is 7.98. The number of fused-ring (bicyclic) bond motifs is 1. The molecule has 5 rings (SSSR count). The lowest BCUT2D eigenvalue weighted by Crippen LogP contribution is -2.24. The summed E-state index contributed by atoms with van der Waals surface area (Å²) < 4.78 is 22.7. The maximum Gasteiger partial charge on any atom is 0.353 e. The van der Waals surface area contributed by atoms with E-state index in [-0.39, 0.29) is 23.7 Å². The lowest BCUT2D eigenvalue weighted by Gasteiger charge is -2.13. The number of hydrogen-bond acceptors (Lipinski definition) is 7. The van der Waals surface area contributed by atoms with Crippen LogP contribution in [0.15, 0.2) is 56.9 Å². The molecule has 0 aliphatic heterocycles. The van der Waals surface area contributed by atoms with Crippen molar-refractivity contribution in [3.05, 3.63) is 86.6 Å². The topological polar surface area (TPSA) is 126 Å². The highest BCUT2D eigenvalue weighted by Gasteiger charge is 2.23. The molecule has 10 nitrogen and oxygen atoms in total. The largest absolute Gasteiger partial charge is 0.448 e. The zero-order valence-corrected chi connectivity index (χ0v) is 18.6. The summed E-state index contributed by atoms with van der Waals surface area (Å²) in [6, 6.07) is 7.46. The van der Waals surface area contributed by atoms with Crippen molar-refractivity contribution in [2.75, 3.05) is 5.73 Å². The Morgan fingerprint density at radius 1 is 1.12 bits per heavy atom. The van der Waals surface area contributed by atoms with Crippen molar-refractivity contribution in [3.63, 3.8) is 0 Å². The van der Waals surface area contributed by atoms with Crippen LogP contribution < -0.4 is 17.0 Å². The Morgan fingerprint density at radius 2 is 1.85 bits per heavy atom. The Hall–Kier alpha value is -4.54. The number of anilines is 1. The van der Waals surface area contributed by atoms with Gasteiger partial charge in [-0.3, -0.25) is 4.79 Å². The summed E-state index contributed by atoms with van der Waals surface area (Å²) in [6.45, 7) is 3.51. The van der Waals surface area contributed by atoms with Gasteiger partial charge < -0.3 is 14.7 Å². The van der Waals surface area contributed by atoms with Crippen LogP contribution in [0, 0.1) is 19.7 Å². The van der Waals surface area contributed by atoms with Crippen LogP contribution in [0.5, 0.6) is 0 Å². The molecule has 4 aromatic heterocycles. The Labute approximate surface area is 191 Å². The standard InChI is InChI=1S/C23H20FN7O3/c1-12-8-15(9-29(3)21(12)32)18-19(14-4-6-16(24)7-5-14)27-22(25)31-20(18)28-30(23(31)33)10-17-13(2)34-11-26-17/h4-9,11H,10H2,1-3H3,(H2,25,27). The minimum atomic E-state index is -0.504. The van der Waals surface area contributed by atoms with Crippen molar-refractivity contribution in [2.45, 2.75) is 20.4 Å². The number of rotatable bonds is 4. The molecule has 0 radical (unpaired) electrons. The minimum absolute atomic E-state index is 0.0694. The van der Waals surface area contributed by atoms with Crippen LogP contribution >= 0.6 is 0 Å². The van der Waals surface area contributed by atoms with Gasteiger partial charge in [-0.25, -0.2) is 28.2 Å². The van der Waals surface area contributed by atoms with E-state index in [0.717, 1.165) is 0 Å². The first kappa shape index (κ1) is 21.3. The molecule has 11 heteroatoms. The Morgan fingerprint density at radius 3 is 2.50 bits per heavy atom. The Balaban J connectivity index is 1.86. The van der Waals surface area contributed by atoms with E-state index in [1.165, 1.54) is 32.2 Å². The van der Waals surface area contributed by atoms with Crippen molar-refractivity contribution >= 4 is 11.6 Å². The lowest BCUT2D eigenvalue weighted by molar-refractivity contribution is 0.521. The van der Waals surface area contributed by atoms with Gasteiger partial charge in [0.1, 0.15) is 17.3 Å². The van der Waals surface area contributed by atoms with Crippen molar-refractivity contribution in [1.29, 1.82) is 0 Å². The van der Waals surface area contributed by atoms with E-state index >= 15 is 0 Å². The van der Waals surface area contributed by atoms with Crippen LogP contribution in [0.3, 0.4) is 0 Å². The van der Waals surface area contributed by atoms with Crippen LogP contribution in [-0.2, 0) is 13.6 Å². The van der Waals surface area contributed by atoms with Crippen LogP contribution in [0.2, 0.25) is 0 Å². The fourth-order valence-corrected chi connectivity index (χ4v) is 3.92. The number of halogens is 1. The smallest absolute Gasteiger partial charge is 0.353 e. The zero-order valence-electron chi connectivity index (χ0n) is 18.6. The van der Waals surface area contributed by atoms with E-state index in [9.17, 15) is 14.0 Å². The summed E-state index contributed by atoms with van der Waals surface area (Å²) >= 11 is 0. The molecule has 34 heavy (non-hydrogen) atoms. The van der Waals surface area contributed by atoms with E-state index in [0.29, 0.717) is 39.4 Å². The van der Waals surface area contributed by atoms with Crippen LogP contribution in [0.25, 0.3) is 28.0 Å². The van der Waals surface area contributed by atoms with Gasteiger partial charge in [0, 0.05) is 29.9 Å². The third-order valence-corrected chi connectivity index (χ3v) is 5.67. The Kier molecular flexibility index (Phi) is 4.89. The lowest BCUT2D eigenvalue weighted by atomic mass is 10.00. The first-order valence-corrected chi connectivity index (χ1v) is 10.4. The van der Waals surface area contributed by atoms with Gasteiger partial charge in [0.25, 0.3) is 5.56 Å². The molecule has 172 valence electrons. The fourth-order valence-electron chi connectivity index (χ4n) is 3.92. The molecule has 0 atom stereocenters. The summed E-state index contributed by atoms with van der Waals surface area (Å²) in [7, 11) is 1.64. The number of aryl methyl sites for hydroxylation is 3. The van der Waals surface area contributed by atoms with Crippen LogP contribution in [0.1, 0.15) is 17.0 Å². The molecule has 5 aromatic rings. The molecule has 0 amide bonds. The third-order valence-electron chi connectivity index (χ3n) is 5.67. The fraction of sp³-hybridized carbons (Fsp3) is 0.174.